The summed E-state index contributed by atoms with van der Waals surface area (Å²) in [6, 6.07) is 36.7. The van der Waals surface area contributed by atoms with Crippen molar-refractivity contribution in [1.29, 1.82) is 0 Å². The van der Waals surface area contributed by atoms with Crippen LogP contribution in [0.15, 0.2) is 114 Å². The fourth-order valence-electron chi connectivity index (χ4n) is 5.96. The van der Waals surface area contributed by atoms with Crippen LogP contribution in [0.25, 0.3) is 55.4 Å². The van der Waals surface area contributed by atoms with Crippen molar-refractivity contribution >= 4 is 21.9 Å². The first-order valence-corrected chi connectivity index (χ1v) is 13.4. The highest BCUT2D eigenvalue weighted by atomic mass is 16.3. The summed E-state index contributed by atoms with van der Waals surface area (Å²) in [6.07, 6.45) is 8.57. The molecule has 0 bridgehead atoms. The summed E-state index contributed by atoms with van der Waals surface area (Å²) in [5, 5.41) is 2.28. The molecule has 180 valence electrons. The Morgan fingerprint density at radius 3 is 2.19 bits per heavy atom. The highest BCUT2D eigenvalue weighted by Crippen LogP contribution is 2.37. The summed E-state index contributed by atoms with van der Waals surface area (Å²) in [5.74, 6) is 0.817. The van der Waals surface area contributed by atoms with Gasteiger partial charge in [-0.2, -0.15) is 0 Å². The maximum atomic E-state index is 6.53. The van der Waals surface area contributed by atoms with Crippen molar-refractivity contribution in [2.45, 2.75) is 32.1 Å². The second-order valence-electron chi connectivity index (χ2n) is 10.3. The minimum atomic E-state index is 0.817. The zero-order valence-electron chi connectivity index (χ0n) is 20.9. The van der Waals surface area contributed by atoms with E-state index in [0.29, 0.717) is 0 Å². The monoisotopic (exact) mass is 479 g/mol. The normalized spacial score (nSPS) is 14.1. The van der Waals surface area contributed by atoms with Crippen molar-refractivity contribution < 1.29 is 4.42 Å². The van der Waals surface area contributed by atoms with Gasteiger partial charge in [-0.05, 0) is 70.5 Å². The van der Waals surface area contributed by atoms with E-state index in [2.05, 4.69) is 103 Å². The van der Waals surface area contributed by atoms with Gasteiger partial charge >= 0.3 is 0 Å². The van der Waals surface area contributed by atoms with Crippen LogP contribution < -0.4 is 0 Å². The van der Waals surface area contributed by atoms with E-state index in [0.717, 1.165) is 51.1 Å². The van der Waals surface area contributed by atoms with Gasteiger partial charge in [0, 0.05) is 22.5 Å². The van der Waals surface area contributed by atoms with E-state index < -0.39 is 0 Å². The summed E-state index contributed by atoms with van der Waals surface area (Å²) in [5.41, 5.74) is 10.1. The van der Waals surface area contributed by atoms with E-state index >= 15 is 0 Å². The summed E-state index contributed by atoms with van der Waals surface area (Å²) >= 11 is 0. The molecule has 0 aliphatic heterocycles. The van der Waals surface area contributed by atoms with Crippen LogP contribution in [0.5, 0.6) is 0 Å². The van der Waals surface area contributed by atoms with Crippen molar-refractivity contribution in [3.63, 3.8) is 0 Å². The molecule has 4 aromatic carbocycles. The Hall–Kier alpha value is -4.17. The van der Waals surface area contributed by atoms with Crippen molar-refractivity contribution in [2.75, 3.05) is 0 Å². The Labute approximate surface area is 217 Å². The highest BCUT2D eigenvalue weighted by Gasteiger charge is 2.17. The molecule has 2 heteroatoms. The molecule has 2 nitrogen and oxygen atoms in total. The van der Waals surface area contributed by atoms with Gasteiger partial charge in [-0.3, -0.25) is 4.98 Å². The smallest absolute Gasteiger partial charge is 0.144 e. The molecule has 0 amide bonds. The molecule has 0 spiro atoms. The van der Waals surface area contributed by atoms with Crippen LogP contribution in [0.3, 0.4) is 0 Å². The Morgan fingerprint density at radius 1 is 0.649 bits per heavy atom. The van der Waals surface area contributed by atoms with E-state index in [1.165, 1.54) is 47.9 Å². The molecule has 2 aromatic heterocycles. The molecule has 1 fully saturated rings. The van der Waals surface area contributed by atoms with Gasteiger partial charge in [-0.15, -0.1) is 0 Å². The molecule has 0 atom stereocenters. The fourth-order valence-corrected chi connectivity index (χ4v) is 5.96. The van der Waals surface area contributed by atoms with Gasteiger partial charge in [0.15, 0.2) is 0 Å². The van der Waals surface area contributed by atoms with Crippen LogP contribution in [0.4, 0.5) is 0 Å². The quantitative estimate of drug-likeness (QED) is 0.246. The zero-order chi connectivity index (χ0) is 24.6. The number of furan rings is 1. The molecule has 0 unspecified atom stereocenters. The van der Waals surface area contributed by atoms with E-state index in [1.807, 2.05) is 6.20 Å². The Kier molecular flexibility index (Phi) is 5.59. The number of benzene rings is 4. The molecule has 1 aliphatic carbocycles. The molecule has 0 radical (unpaired) electrons. The zero-order valence-corrected chi connectivity index (χ0v) is 20.9. The van der Waals surface area contributed by atoms with Crippen LogP contribution >= 0.6 is 0 Å². The first-order chi connectivity index (χ1) is 18.3. The van der Waals surface area contributed by atoms with Crippen LogP contribution in [0, 0.1) is 5.92 Å². The fraction of sp³-hybridized carbons (Fsp3) is 0.171. The van der Waals surface area contributed by atoms with E-state index in [-0.39, 0.29) is 0 Å². The third-order valence-corrected chi connectivity index (χ3v) is 7.92. The van der Waals surface area contributed by atoms with Gasteiger partial charge in [0.2, 0.25) is 0 Å². The Bertz CT molecular complexity index is 1690. The molecule has 0 N–H and O–H groups in total. The van der Waals surface area contributed by atoms with Gasteiger partial charge in [0.1, 0.15) is 11.2 Å². The number of hydrogen-bond donors (Lipinski definition) is 0. The lowest BCUT2D eigenvalue weighted by Gasteiger charge is -2.10. The number of aromatic nitrogens is 1. The number of pyridine rings is 1. The second-order valence-corrected chi connectivity index (χ2v) is 10.3. The van der Waals surface area contributed by atoms with Gasteiger partial charge in [-0.25, -0.2) is 0 Å². The third kappa shape index (κ3) is 4.23. The summed E-state index contributed by atoms with van der Waals surface area (Å²) in [4.78, 5) is 4.74. The molecule has 1 aliphatic rings. The van der Waals surface area contributed by atoms with Crippen molar-refractivity contribution in [2.24, 2.45) is 5.92 Å². The average molecular weight is 480 g/mol. The molecule has 2 heterocycles. The van der Waals surface area contributed by atoms with Gasteiger partial charge in [-0.1, -0.05) is 98.5 Å². The first-order valence-electron chi connectivity index (χ1n) is 13.4. The number of para-hydroxylation sites is 1. The lowest BCUT2D eigenvalue weighted by atomic mass is 9.97. The minimum absolute atomic E-state index is 0.817. The van der Waals surface area contributed by atoms with Gasteiger partial charge < -0.3 is 4.42 Å². The lowest BCUT2D eigenvalue weighted by Crippen LogP contribution is -1.99. The van der Waals surface area contributed by atoms with Crippen LogP contribution in [0.1, 0.15) is 31.2 Å². The number of hydrogen-bond acceptors (Lipinski definition) is 2. The molecule has 6 aromatic rings. The Morgan fingerprint density at radius 2 is 1.38 bits per heavy atom. The highest BCUT2D eigenvalue weighted by molar-refractivity contribution is 6.10. The Balaban J connectivity index is 1.24. The van der Waals surface area contributed by atoms with Crippen LogP contribution in [0.2, 0.25) is 0 Å². The van der Waals surface area contributed by atoms with Crippen molar-refractivity contribution in [1.82, 2.24) is 4.98 Å². The number of rotatable bonds is 5. The van der Waals surface area contributed by atoms with Crippen LogP contribution in [-0.2, 0) is 6.42 Å². The van der Waals surface area contributed by atoms with E-state index in [9.17, 15) is 0 Å². The molecule has 7 rings (SSSR count). The first kappa shape index (κ1) is 22.1. The average Bonchev–Trinajstić information content (AvgIpc) is 3.61. The summed E-state index contributed by atoms with van der Waals surface area (Å²) in [6.45, 7) is 0. The molecule has 1 saturated carbocycles. The number of nitrogens with zero attached hydrogens (tertiary/aromatic N) is 1. The molecule has 37 heavy (non-hydrogen) atoms. The standard InChI is InChI=1S/C35H29NO/c1-2-9-26(10-3-1)27-13-15-28(16-14-27)29-17-18-30-31-11-6-12-32(35(31)37-34(30)23-29)33-22-25(19-20-36-33)21-24-7-4-5-8-24/h1-3,6,9-20,22-24H,4-5,7-8,21H2. The molecular weight excluding hydrogens is 450 g/mol. The lowest BCUT2D eigenvalue weighted by molar-refractivity contribution is 0.546. The van der Waals surface area contributed by atoms with Gasteiger partial charge in [0.25, 0.3) is 0 Å². The maximum absolute atomic E-state index is 6.53. The second kappa shape index (κ2) is 9.37. The molecular formula is C35H29NO. The summed E-state index contributed by atoms with van der Waals surface area (Å²) in [7, 11) is 0. The number of fused-ring (bicyclic) bond motifs is 3. The summed E-state index contributed by atoms with van der Waals surface area (Å²) < 4.78 is 6.53. The van der Waals surface area contributed by atoms with Crippen LogP contribution in [-0.4, -0.2) is 4.98 Å². The maximum Gasteiger partial charge on any atom is 0.144 e. The molecule has 0 saturated heterocycles. The van der Waals surface area contributed by atoms with E-state index in [1.54, 1.807) is 0 Å². The SMILES string of the molecule is c1ccc(-c2ccc(-c3ccc4c(c3)oc3c(-c5cc(CC6CCCC6)ccn5)cccc34)cc2)cc1. The largest absolute Gasteiger partial charge is 0.455 e. The topological polar surface area (TPSA) is 26.0 Å². The third-order valence-electron chi connectivity index (χ3n) is 7.92. The van der Waals surface area contributed by atoms with E-state index in [4.69, 9.17) is 9.40 Å². The predicted octanol–water partition coefficient (Wildman–Crippen LogP) is 9.71. The predicted molar refractivity (Wildman–Crippen MR) is 153 cm³/mol. The van der Waals surface area contributed by atoms with Crippen molar-refractivity contribution in [3.05, 3.63) is 115 Å². The minimum Gasteiger partial charge on any atom is -0.455 e. The van der Waals surface area contributed by atoms with Gasteiger partial charge in [0.05, 0.1) is 5.69 Å². The van der Waals surface area contributed by atoms with Crippen molar-refractivity contribution in [3.8, 4) is 33.5 Å².